The van der Waals surface area contributed by atoms with E-state index in [4.69, 9.17) is 16.1 Å². The number of hydrogen-bond donors (Lipinski definition) is 0. The van der Waals surface area contributed by atoms with Gasteiger partial charge in [0.05, 0.1) is 16.1 Å². The molecule has 1 atom stereocenters. The van der Waals surface area contributed by atoms with Crippen LogP contribution >= 0.6 is 23.4 Å². The molecule has 1 saturated heterocycles. The van der Waals surface area contributed by atoms with Gasteiger partial charge >= 0.3 is 0 Å². The van der Waals surface area contributed by atoms with E-state index in [2.05, 4.69) is 5.16 Å². The normalized spacial score (nSPS) is 17.9. The van der Waals surface area contributed by atoms with Crippen LogP contribution in [0.25, 0.3) is 11.3 Å². The van der Waals surface area contributed by atoms with Crippen LogP contribution in [0.15, 0.2) is 29.0 Å². The number of carbonyl (C=O) groups is 2. The van der Waals surface area contributed by atoms with E-state index in [0.29, 0.717) is 6.42 Å². The molecule has 1 aliphatic heterocycles. The average Bonchev–Trinajstić information content (AvgIpc) is 3.09. The predicted molar refractivity (Wildman–Crippen MR) is 81.4 cm³/mol. The van der Waals surface area contributed by atoms with Crippen molar-refractivity contribution in [1.82, 2.24) is 5.16 Å². The van der Waals surface area contributed by atoms with E-state index in [9.17, 15) is 14.0 Å². The summed E-state index contributed by atoms with van der Waals surface area (Å²) in [5.74, 6) is -0.442. The molecular formula is C15H11ClFNO3S. The lowest BCUT2D eigenvalue weighted by Crippen LogP contribution is -2.12. The third-order valence-corrected chi connectivity index (χ3v) is 4.92. The SMILES string of the molecule is O=C(CC1CCSC1=O)c1conc1-c1c(F)cccc1Cl. The Morgan fingerprint density at radius 1 is 1.50 bits per heavy atom. The van der Waals surface area contributed by atoms with Crippen molar-refractivity contribution in [3.05, 3.63) is 40.9 Å². The maximum absolute atomic E-state index is 14.0. The zero-order chi connectivity index (χ0) is 15.7. The fraction of sp³-hybridized carbons (Fsp3) is 0.267. The van der Waals surface area contributed by atoms with Crippen molar-refractivity contribution >= 4 is 34.3 Å². The zero-order valence-electron chi connectivity index (χ0n) is 11.3. The van der Waals surface area contributed by atoms with Crippen molar-refractivity contribution in [1.29, 1.82) is 0 Å². The summed E-state index contributed by atoms with van der Waals surface area (Å²) in [6, 6.07) is 4.22. The number of ketones is 1. The zero-order valence-corrected chi connectivity index (χ0v) is 12.9. The van der Waals surface area contributed by atoms with E-state index in [0.717, 1.165) is 5.75 Å². The van der Waals surface area contributed by atoms with Crippen LogP contribution in [0.4, 0.5) is 4.39 Å². The Hall–Kier alpha value is -1.66. The second kappa shape index (κ2) is 6.22. The molecule has 1 unspecified atom stereocenters. The molecule has 1 fully saturated rings. The summed E-state index contributed by atoms with van der Waals surface area (Å²) >= 11 is 7.24. The summed E-state index contributed by atoms with van der Waals surface area (Å²) in [6.07, 6.45) is 1.93. The fourth-order valence-electron chi connectivity index (χ4n) is 2.40. The Balaban J connectivity index is 1.92. The minimum Gasteiger partial charge on any atom is -0.363 e. The molecule has 0 amide bonds. The van der Waals surface area contributed by atoms with Gasteiger partial charge in [-0.1, -0.05) is 34.6 Å². The standard InChI is InChI=1S/C15H11ClFNO3S/c16-10-2-1-3-11(17)13(10)14-9(7-21-18-14)12(19)6-8-4-5-22-15(8)20/h1-3,7-8H,4-6H2. The molecule has 2 aromatic rings. The first-order valence-electron chi connectivity index (χ1n) is 6.66. The van der Waals surface area contributed by atoms with Gasteiger partial charge in [0.2, 0.25) is 0 Å². The summed E-state index contributed by atoms with van der Waals surface area (Å²) < 4.78 is 18.8. The van der Waals surface area contributed by atoms with Crippen LogP contribution in [-0.2, 0) is 4.79 Å². The molecule has 1 aliphatic rings. The van der Waals surface area contributed by atoms with E-state index < -0.39 is 5.82 Å². The number of halogens is 2. The number of carbonyl (C=O) groups excluding carboxylic acids is 2. The van der Waals surface area contributed by atoms with Crippen LogP contribution in [-0.4, -0.2) is 21.8 Å². The number of thioether (sulfide) groups is 1. The minimum atomic E-state index is -0.581. The molecule has 22 heavy (non-hydrogen) atoms. The van der Waals surface area contributed by atoms with Gasteiger partial charge in [0.15, 0.2) is 10.9 Å². The van der Waals surface area contributed by atoms with Gasteiger partial charge in [0, 0.05) is 18.1 Å². The van der Waals surface area contributed by atoms with E-state index in [1.54, 1.807) is 0 Å². The molecule has 0 N–H and O–H groups in total. The topological polar surface area (TPSA) is 60.2 Å². The quantitative estimate of drug-likeness (QED) is 0.788. The molecule has 114 valence electrons. The van der Waals surface area contributed by atoms with Gasteiger partial charge in [-0.2, -0.15) is 0 Å². The third-order valence-electron chi connectivity index (χ3n) is 3.55. The van der Waals surface area contributed by atoms with Gasteiger partial charge in [-0.25, -0.2) is 4.39 Å². The van der Waals surface area contributed by atoms with Gasteiger partial charge in [-0.05, 0) is 18.6 Å². The van der Waals surface area contributed by atoms with E-state index in [1.807, 2.05) is 0 Å². The summed E-state index contributed by atoms with van der Waals surface area (Å²) in [5.41, 5.74) is 0.260. The van der Waals surface area contributed by atoms with Gasteiger partial charge in [0.25, 0.3) is 0 Å². The summed E-state index contributed by atoms with van der Waals surface area (Å²) in [6.45, 7) is 0. The fourth-order valence-corrected chi connectivity index (χ4v) is 3.69. The first-order valence-corrected chi connectivity index (χ1v) is 8.03. The highest BCUT2D eigenvalue weighted by molar-refractivity contribution is 8.14. The average molecular weight is 340 g/mol. The van der Waals surface area contributed by atoms with E-state index in [-0.39, 0.29) is 45.1 Å². The van der Waals surface area contributed by atoms with Gasteiger partial charge < -0.3 is 4.52 Å². The Bertz CT molecular complexity index is 726. The molecule has 1 aromatic carbocycles. The molecule has 0 aliphatic carbocycles. The van der Waals surface area contributed by atoms with Crippen molar-refractivity contribution in [3.63, 3.8) is 0 Å². The number of rotatable bonds is 4. The maximum atomic E-state index is 14.0. The van der Waals surface area contributed by atoms with E-state index >= 15 is 0 Å². The van der Waals surface area contributed by atoms with Gasteiger partial charge in [-0.15, -0.1) is 0 Å². The number of benzene rings is 1. The van der Waals surface area contributed by atoms with Crippen molar-refractivity contribution < 1.29 is 18.5 Å². The molecule has 1 aromatic heterocycles. The van der Waals surface area contributed by atoms with Crippen LogP contribution < -0.4 is 0 Å². The molecular weight excluding hydrogens is 329 g/mol. The molecule has 2 heterocycles. The second-order valence-corrected chi connectivity index (χ2v) is 6.46. The highest BCUT2D eigenvalue weighted by Crippen LogP contribution is 2.34. The van der Waals surface area contributed by atoms with E-state index in [1.165, 1.54) is 36.2 Å². The molecule has 0 saturated carbocycles. The lowest BCUT2D eigenvalue weighted by Gasteiger charge is -2.07. The van der Waals surface area contributed by atoms with Crippen LogP contribution in [0.5, 0.6) is 0 Å². The molecule has 0 radical (unpaired) electrons. The monoisotopic (exact) mass is 339 g/mol. The largest absolute Gasteiger partial charge is 0.363 e. The summed E-state index contributed by atoms with van der Waals surface area (Å²) in [4.78, 5) is 24.0. The number of aromatic nitrogens is 1. The number of Topliss-reactive ketones (excluding diaryl/α,β-unsaturated/α-hetero) is 1. The Morgan fingerprint density at radius 3 is 3.00 bits per heavy atom. The second-order valence-electron chi connectivity index (χ2n) is 4.95. The first kappa shape index (κ1) is 15.2. The minimum absolute atomic E-state index is 0.0234. The molecule has 0 spiro atoms. The van der Waals surface area contributed by atoms with Crippen LogP contribution in [0, 0.1) is 11.7 Å². The van der Waals surface area contributed by atoms with Crippen molar-refractivity contribution in [3.8, 4) is 11.3 Å². The third kappa shape index (κ3) is 2.80. The van der Waals surface area contributed by atoms with Crippen LogP contribution in [0.2, 0.25) is 5.02 Å². The highest BCUT2D eigenvalue weighted by atomic mass is 35.5. The van der Waals surface area contributed by atoms with Gasteiger partial charge in [0.1, 0.15) is 17.8 Å². The maximum Gasteiger partial charge on any atom is 0.192 e. The predicted octanol–water partition coefficient (Wildman–Crippen LogP) is 3.99. The Morgan fingerprint density at radius 2 is 2.32 bits per heavy atom. The number of hydrogen-bond acceptors (Lipinski definition) is 5. The number of nitrogens with zero attached hydrogens (tertiary/aromatic N) is 1. The summed E-state index contributed by atoms with van der Waals surface area (Å²) in [5, 5.41) is 3.88. The van der Waals surface area contributed by atoms with Crippen LogP contribution in [0.3, 0.4) is 0 Å². The van der Waals surface area contributed by atoms with Gasteiger partial charge in [-0.3, -0.25) is 9.59 Å². The molecule has 7 heteroatoms. The van der Waals surface area contributed by atoms with Crippen molar-refractivity contribution in [2.24, 2.45) is 5.92 Å². The first-order chi connectivity index (χ1) is 10.6. The Kier molecular flexibility index (Phi) is 4.31. The van der Waals surface area contributed by atoms with Crippen molar-refractivity contribution in [2.45, 2.75) is 12.8 Å². The lowest BCUT2D eigenvalue weighted by atomic mass is 9.96. The Labute approximate surface area is 135 Å². The molecule has 0 bridgehead atoms. The smallest absolute Gasteiger partial charge is 0.192 e. The lowest BCUT2D eigenvalue weighted by molar-refractivity contribution is -0.113. The summed E-state index contributed by atoms with van der Waals surface area (Å²) in [7, 11) is 0. The van der Waals surface area contributed by atoms with Crippen molar-refractivity contribution in [2.75, 3.05) is 5.75 Å². The van der Waals surface area contributed by atoms with Crippen LogP contribution in [0.1, 0.15) is 23.2 Å². The molecule has 4 nitrogen and oxygen atoms in total. The molecule has 3 rings (SSSR count). The highest BCUT2D eigenvalue weighted by Gasteiger charge is 2.30.